The van der Waals surface area contributed by atoms with E-state index in [4.69, 9.17) is 0 Å². The molecule has 1 aliphatic heterocycles. The summed E-state index contributed by atoms with van der Waals surface area (Å²) in [5.41, 5.74) is 2.91. The first-order valence-electron chi connectivity index (χ1n) is 9.58. The summed E-state index contributed by atoms with van der Waals surface area (Å²) >= 11 is 0. The van der Waals surface area contributed by atoms with E-state index in [-0.39, 0.29) is 17.7 Å². The van der Waals surface area contributed by atoms with Gasteiger partial charge >= 0.3 is 0 Å². The van der Waals surface area contributed by atoms with Gasteiger partial charge in [0.2, 0.25) is 11.7 Å². The lowest BCUT2D eigenvalue weighted by Gasteiger charge is -2.29. The van der Waals surface area contributed by atoms with Crippen molar-refractivity contribution in [3.63, 3.8) is 0 Å². The summed E-state index contributed by atoms with van der Waals surface area (Å²) in [4.78, 5) is 23.4. The van der Waals surface area contributed by atoms with Gasteiger partial charge in [0.1, 0.15) is 5.82 Å². The van der Waals surface area contributed by atoms with Gasteiger partial charge in [-0.15, -0.1) is 0 Å². The average Bonchev–Trinajstić information content (AvgIpc) is 3.28. The number of likely N-dealkylation sites (tertiary alicyclic amines) is 1. The van der Waals surface area contributed by atoms with Crippen molar-refractivity contribution in [2.75, 3.05) is 13.1 Å². The predicted molar refractivity (Wildman–Crippen MR) is 99.7 cm³/mol. The van der Waals surface area contributed by atoms with E-state index in [1.54, 1.807) is 24.5 Å². The Morgan fingerprint density at radius 1 is 1.07 bits per heavy atom. The summed E-state index contributed by atoms with van der Waals surface area (Å²) in [6, 6.07) is 8.45. The molecule has 1 aromatic carbocycles. The number of rotatable bonds is 3. The van der Waals surface area contributed by atoms with Crippen molar-refractivity contribution in [3.8, 4) is 11.3 Å². The molecule has 2 aromatic heterocycles. The van der Waals surface area contributed by atoms with Gasteiger partial charge in [-0.1, -0.05) is 6.42 Å². The van der Waals surface area contributed by atoms with Crippen molar-refractivity contribution in [1.29, 1.82) is 0 Å². The summed E-state index contributed by atoms with van der Waals surface area (Å²) in [5.74, 6) is 1.19. The summed E-state index contributed by atoms with van der Waals surface area (Å²) in [5, 5.41) is 0. The lowest BCUT2D eigenvalue weighted by Crippen LogP contribution is -2.37. The molecule has 1 amide bonds. The SMILES string of the molecule is O=C(C1CCC1)N1CCC(c2ccnc3ncc(-c4ccc(F)cc4)n23)C1. The van der Waals surface area contributed by atoms with Crippen LogP contribution < -0.4 is 0 Å². The topological polar surface area (TPSA) is 50.5 Å². The first kappa shape index (κ1) is 16.4. The zero-order valence-corrected chi connectivity index (χ0v) is 15.0. The maximum Gasteiger partial charge on any atom is 0.234 e. The van der Waals surface area contributed by atoms with Gasteiger partial charge in [-0.25, -0.2) is 14.4 Å². The lowest BCUT2D eigenvalue weighted by molar-refractivity contribution is -0.137. The van der Waals surface area contributed by atoms with E-state index in [2.05, 4.69) is 14.4 Å². The minimum absolute atomic E-state index is 0.240. The summed E-state index contributed by atoms with van der Waals surface area (Å²) < 4.78 is 15.4. The summed E-state index contributed by atoms with van der Waals surface area (Å²) in [6.45, 7) is 1.56. The van der Waals surface area contributed by atoms with Crippen LogP contribution in [0.3, 0.4) is 0 Å². The van der Waals surface area contributed by atoms with E-state index in [1.165, 1.54) is 18.6 Å². The van der Waals surface area contributed by atoms with Crippen molar-refractivity contribution in [2.24, 2.45) is 5.92 Å². The standard InChI is InChI=1S/C21H21FN4O/c22-17-6-4-14(5-7-17)19-12-24-21-23-10-8-18(26(19)21)16-9-11-25(13-16)20(27)15-2-1-3-15/h4-8,10,12,15-16H,1-3,9,11,13H2. The number of halogens is 1. The number of carbonyl (C=O) groups excluding carboxylic acids is 1. The molecular weight excluding hydrogens is 343 g/mol. The fraction of sp³-hybridized carbons (Fsp3) is 0.381. The quantitative estimate of drug-likeness (QED) is 0.713. The molecule has 1 aliphatic carbocycles. The summed E-state index contributed by atoms with van der Waals surface area (Å²) in [7, 11) is 0. The molecule has 5 rings (SSSR count). The number of aromatic nitrogens is 3. The molecule has 1 atom stereocenters. The highest BCUT2D eigenvalue weighted by Gasteiger charge is 2.35. The van der Waals surface area contributed by atoms with Gasteiger partial charge < -0.3 is 4.90 Å². The Morgan fingerprint density at radius 2 is 1.89 bits per heavy atom. The van der Waals surface area contributed by atoms with Gasteiger partial charge in [0, 0.05) is 42.4 Å². The number of carbonyl (C=O) groups is 1. The first-order chi connectivity index (χ1) is 13.2. The third-order valence-corrected chi connectivity index (χ3v) is 5.95. The van der Waals surface area contributed by atoms with Crippen LogP contribution in [-0.4, -0.2) is 38.3 Å². The molecule has 1 unspecified atom stereocenters. The minimum Gasteiger partial charge on any atom is -0.342 e. The second kappa shape index (κ2) is 6.44. The Kier molecular flexibility index (Phi) is 3.92. The van der Waals surface area contributed by atoms with Crippen LogP contribution in [0, 0.1) is 11.7 Å². The highest BCUT2D eigenvalue weighted by Crippen LogP contribution is 2.34. The van der Waals surface area contributed by atoms with Crippen LogP contribution in [-0.2, 0) is 4.79 Å². The Hall–Kier alpha value is -2.76. The minimum atomic E-state index is -0.258. The molecular formula is C21H21FN4O. The van der Waals surface area contributed by atoms with Crippen LogP contribution in [0.15, 0.2) is 42.7 Å². The van der Waals surface area contributed by atoms with E-state index in [0.29, 0.717) is 11.7 Å². The maximum atomic E-state index is 13.3. The van der Waals surface area contributed by atoms with Crippen molar-refractivity contribution in [1.82, 2.24) is 19.3 Å². The van der Waals surface area contributed by atoms with Gasteiger partial charge in [0.15, 0.2) is 0 Å². The van der Waals surface area contributed by atoms with E-state index in [9.17, 15) is 9.18 Å². The van der Waals surface area contributed by atoms with Crippen LogP contribution in [0.25, 0.3) is 17.0 Å². The van der Waals surface area contributed by atoms with Crippen LogP contribution in [0.1, 0.15) is 37.3 Å². The number of benzene rings is 1. The van der Waals surface area contributed by atoms with Crippen molar-refractivity contribution < 1.29 is 9.18 Å². The number of fused-ring (bicyclic) bond motifs is 1. The monoisotopic (exact) mass is 364 g/mol. The molecule has 138 valence electrons. The largest absolute Gasteiger partial charge is 0.342 e. The lowest BCUT2D eigenvalue weighted by atomic mass is 9.84. The highest BCUT2D eigenvalue weighted by atomic mass is 19.1. The van der Waals surface area contributed by atoms with Crippen LogP contribution in [0.4, 0.5) is 4.39 Å². The third-order valence-electron chi connectivity index (χ3n) is 5.95. The fourth-order valence-electron chi connectivity index (χ4n) is 4.20. The molecule has 1 saturated carbocycles. The molecule has 5 nitrogen and oxygen atoms in total. The molecule has 0 bridgehead atoms. The number of imidazole rings is 1. The van der Waals surface area contributed by atoms with E-state index < -0.39 is 0 Å². The molecule has 1 saturated heterocycles. The molecule has 6 heteroatoms. The van der Waals surface area contributed by atoms with Gasteiger partial charge in [-0.3, -0.25) is 9.20 Å². The van der Waals surface area contributed by atoms with Crippen molar-refractivity contribution in [3.05, 3.63) is 54.2 Å². The Labute approximate surface area is 156 Å². The van der Waals surface area contributed by atoms with E-state index in [1.807, 2.05) is 11.0 Å². The van der Waals surface area contributed by atoms with Crippen LogP contribution in [0.2, 0.25) is 0 Å². The van der Waals surface area contributed by atoms with Gasteiger partial charge in [0.25, 0.3) is 0 Å². The average molecular weight is 364 g/mol. The smallest absolute Gasteiger partial charge is 0.234 e. The molecule has 27 heavy (non-hydrogen) atoms. The Morgan fingerprint density at radius 3 is 2.63 bits per heavy atom. The fourth-order valence-corrected chi connectivity index (χ4v) is 4.20. The zero-order valence-electron chi connectivity index (χ0n) is 15.0. The molecule has 0 spiro atoms. The Balaban J connectivity index is 1.49. The van der Waals surface area contributed by atoms with Crippen LogP contribution in [0.5, 0.6) is 0 Å². The van der Waals surface area contributed by atoms with Gasteiger partial charge in [-0.05, 0) is 49.6 Å². The van der Waals surface area contributed by atoms with E-state index in [0.717, 1.165) is 49.3 Å². The number of nitrogens with zero attached hydrogens (tertiary/aromatic N) is 4. The summed E-state index contributed by atoms with van der Waals surface area (Å²) in [6.07, 6.45) is 7.76. The number of hydrogen-bond donors (Lipinski definition) is 0. The maximum absolute atomic E-state index is 13.3. The Bertz CT molecular complexity index is 993. The zero-order chi connectivity index (χ0) is 18.4. The normalized spacial score (nSPS) is 20.2. The number of amides is 1. The first-order valence-corrected chi connectivity index (χ1v) is 9.58. The van der Waals surface area contributed by atoms with Gasteiger partial charge in [-0.2, -0.15) is 0 Å². The molecule has 0 radical (unpaired) electrons. The third kappa shape index (κ3) is 2.80. The molecule has 2 fully saturated rings. The van der Waals surface area contributed by atoms with E-state index >= 15 is 0 Å². The van der Waals surface area contributed by atoms with Crippen molar-refractivity contribution >= 4 is 11.7 Å². The second-order valence-electron chi connectivity index (χ2n) is 7.55. The van der Waals surface area contributed by atoms with Crippen LogP contribution >= 0.6 is 0 Å². The van der Waals surface area contributed by atoms with Gasteiger partial charge in [0.05, 0.1) is 11.9 Å². The molecule has 3 aromatic rings. The molecule has 3 heterocycles. The highest BCUT2D eigenvalue weighted by molar-refractivity contribution is 5.80. The van der Waals surface area contributed by atoms with Crippen molar-refractivity contribution in [2.45, 2.75) is 31.6 Å². The predicted octanol–water partition coefficient (Wildman–Crippen LogP) is 3.65. The molecule has 0 N–H and O–H groups in total. The molecule has 2 aliphatic rings. The second-order valence-corrected chi connectivity index (χ2v) is 7.55. The number of hydrogen-bond acceptors (Lipinski definition) is 3.